The van der Waals surface area contributed by atoms with E-state index in [1.807, 2.05) is 0 Å². The van der Waals surface area contributed by atoms with Crippen LogP contribution in [0.4, 0.5) is 23.7 Å². The van der Waals surface area contributed by atoms with Gasteiger partial charge >= 0.3 is 12.2 Å². The Morgan fingerprint density at radius 1 is 1.28 bits per heavy atom. The third-order valence-corrected chi connectivity index (χ3v) is 5.77. The minimum Gasteiger partial charge on any atom is -0.497 e. The number of ether oxygens (including phenoxy) is 1. The van der Waals surface area contributed by atoms with Crippen LogP contribution in [0.2, 0.25) is 5.02 Å². The lowest BCUT2D eigenvalue weighted by molar-refractivity contribution is -0.179. The van der Waals surface area contributed by atoms with Crippen LogP contribution in [0, 0.1) is 17.8 Å². The molecule has 0 saturated heterocycles. The van der Waals surface area contributed by atoms with E-state index < -0.39 is 17.7 Å². The number of nitrogens with zero attached hydrogens (tertiary/aromatic N) is 1. The topological polar surface area (TPSA) is 58.6 Å². The lowest BCUT2D eigenvalue weighted by Gasteiger charge is -2.42. The highest BCUT2D eigenvalue weighted by atomic mass is 35.5. The second-order valence-electron chi connectivity index (χ2n) is 7.66. The molecule has 2 aromatic carbocycles. The number of nitrogens with one attached hydrogen (secondary N) is 1. The molecule has 1 fully saturated rings. The van der Waals surface area contributed by atoms with Gasteiger partial charge in [0, 0.05) is 17.0 Å². The van der Waals surface area contributed by atoms with Gasteiger partial charge in [0.2, 0.25) is 5.54 Å². The summed E-state index contributed by atoms with van der Waals surface area (Å²) < 4.78 is 48.3. The normalized spacial score (nSPS) is 20.0. The summed E-state index contributed by atoms with van der Waals surface area (Å²) in [5.41, 5.74) is -2.69. The van der Waals surface area contributed by atoms with Crippen LogP contribution < -0.4 is 15.0 Å². The van der Waals surface area contributed by atoms with Crippen molar-refractivity contribution in [2.45, 2.75) is 31.1 Å². The number of benzene rings is 2. The maximum Gasteiger partial charge on any atom is 0.427 e. The number of carbonyl (C=O) groups is 2. The monoisotopic (exact) mass is 462 g/mol. The van der Waals surface area contributed by atoms with Crippen LogP contribution in [-0.2, 0) is 12.1 Å². The van der Waals surface area contributed by atoms with Crippen molar-refractivity contribution >= 4 is 29.6 Å². The van der Waals surface area contributed by atoms with Crippen LogP contribution in [0.5, 0.6) is 5.75 Å². The molecule has 5 nitrogen and oxygen atoms in total. The van der Waals surface area contributed by atoms with E-state index in [9.17, 15) is 22.8 Å². The van der Waals surface area contributed by atoms with Crippen molar-refractivity contribution in [3.8, 4) is 17.6 Å². The minimum absolute atomic E-state index is 0.0222. The Kier molecular flexibility index (Phi) is 5.55. The van der Waals surface area contributed by atoms with Gasteiger partial charge < -0.3 is 10.1 Å². The lowest BCUT2D eigenvalue weighted by Crippen LogP contribution is -2.62. The van der Waals surface area contributed by atoms with E-state index in [4.69, 9.17) is 16.3 Å². The van der Waals surface area contributed by atoms with E-state index in [2.05, 4.69) is 17.2 Å². The molecule has 9 heteroatoms. The SMILES string of the molecule is COc1ccc(CN2C(=O)NC(C#CC3CC3)(C(F)(F)F)c3cc(Cl)c(C=O)cc32)cc1. The molecule has 1 N–H and O–H groups in total. The first-order valence-electron chi connectivity index (χ1n) is 9.80. The number of methoxy groups -OCH3 is 1. The van der Waals surface area contributed by atoms with E-state index in [-0.39, 0.29) is 34.3 Å². The Balaban J connectivity index is 1.87. The first-order valence-corrected chi connectivity index (χ1v) is 10.2. The Labute approximate surface area is 187 Å². The number of aldehydes is 1. The molecular formula is C23H18ClF3N2O3. The first kappa shape index (κ1) is 22.0. The number of fused-ring (bicyclic) bond motifs is 1. The fourth-order valence-electron chi connectivity index (χ4n) is 3.50. The average Bonchev–Trinajstić information content (AvgIpc) is 3.58. The summed E-state index contributed by atoms with van der Waals surface area (Å²) in [5, 5.41) is 1.93. The maximum absolute atomic E-state index is 14.4. The van der Waals surface area contributed by atoms with E-state index in [1.54, 1.807) is 24.3 Å². The smallest absolute Gasteiger partial charge is 0.427 e. The summed E-state index contributed by atoms with van der Waals surface area (Å²) in [6.45, 7) is -0.0350. The zero-order valence-electron chi connectivity index (χ0n) is 16.9. The van der Waals surface area contributed by atoms with Crippen LogP contribution in [0.3, 0.4) is 0 Å². The lowest BCUT2D eigenvalue weighted by atomic mass is 9.85. The number of urea groups is 1. The average molecular weight is 463 g/mol. The molecule has 2 amide bonds. The molecule has 166 valence electrons. The van der Waals surface area contributed by atoms with Crippen molar-refractivity contribution in [2.24, 2.45) is 5.92 Å². The fourth-order valence-corrected chi connectivity index (χ4v) is 3.71. The number of rotatable bonds is 4. The molecular weight excluding hydrogens is 445 g/mol. The van der Waals surface area contributed by atoms with Crippen LogP contribution >= 0.6 is 11.6 Å². The molecule has 2 aliphatic rings. The minimum atomic E-state index is -4.92. The van der Waals surface area contributed by atoms with E-state index in [1.165, 1.54) is 13.2 Å². The number of anilines is 1. The third kappa shape index (κ3) is 3.89. The number of carbonyl (C=O) groups excluding carboxylic acids is 2. The summed E-state index contributed by atoms with van der Waals surface area (Å²) >= 11 is 6.10. The van der Waals surface area contributed by atoms with Crippen LogP contribution in [0.15, 0.2) is 36.4 Å². The fraction of sp³-hybridized carbons (Fsp3) is 0.304. The Morgan fingerprint density at radius 2 is 1.97 bits per heavy atom. The molecule has 0 radical (unpaired) electrons. The second kappa shape index (κ2) is 8.06. The Morgan fingerprint density at radius 3 is 2.53 bits per heavy atom. The molecule has 1 heterocycles. The van der Waals surface area contributed by atoms with Gasteiger partial charge in [0.05, 0.1) is 24.4 Å². The van der Waals surface area contributed by atoms with Gasteiger partial charge in [-0.2, -0.15) is 13.2 Å². The molecule has 0 aromatic heterocycles. The van der Waals surface area contributed by atoms with Crippen LogP contribution in [0.25, 0.3) is 0 Å². The predicted molar refractivity (Wildman–Crippen MR) is 113 cm³/mol. The summed E-state index contributed by atoms with van der Waals surface area (Å²) in [7, 11) is 1.51. The number of alkyl halides is 3. The number of hydrogen-bond donors (Lipinski definition) is 1. The van der Waals surface area contributed by atoms with Gasteiger partial charge in [-0.3, -0.25) is 9.69 Å². The van der Waals surface area contributed by atoms with Gasteiger partial charge in [-0.25, -0.2) is 4.79 Å². The molecule has 4 rings (SSSR count). The summed E-state index contributed by atoms with van der Waals surface area (Å²) in [6.07, 6.45) is -3.05. The number of halogens is 4. The van der Waals surface area contributed by atoms with E-state index in [0.29, 0.717) is 17.6 Å². The molecule has 0 spiro atoms. The molecule has 1 atom stereocenters. The van der Waals surface area contributed by atoms with Crippen molar-refractivity contribution in [2.75, 3.05) is 12.0 Å². The van der Waals surface area contributed by atoms with Gasteiger partial charge in [-0.1, -0.05) is 35.6 Å². The Hall–Kier alpha value is -3.18. The van der Waals surface area contributed by atoms with Gasteiger partial charge in [-0.05, 0) is 42.7 Å². The van der Waals surface area contributed by atoms with Crippen molar-refractivity contribution < 1.29 is 27.5 Å². The van der Waals surface area contributed by atoms with Crippen LogP contribution in [-0.4, -0.2) is 25.6 Å². The molecule has 1 aliphatic carbocycles. The molecule has 1 aliphatic heterocycles. The highest BCUT2D eigenvalue weighted by Crippen LogP contribution is 2.47. The molecule has 1 unspecified atom stereocenters. The summed E-state index contributed by atoms with van der Waals surface area (Å²) in [4.78, 5) is 25.6. The largest absolute Gasteiger partial charge is 0.497 e. The highest BCUT2D eigenvalue weighted by Gasteiger charge is 2.60. The van der Waals surface area contributed by atoms with E-state index >= 15 is 0 Å². The van der Waals surface area contributed by atoms with Gasteiger partial charge in [0.15, 0.2) is 6.29 Å². The first-order chi connectivity index (χ1) is 15.2. The molecule has 2 aromatic rings. The summed E-state index contributed by atoms with van der Waals surface area (Å²) in [5.74, 6) is 5.39. The maximum atomic E-state index is 14.4. The molecule has 0 bridgehead atoms. The van der Waals surface area contributed by atoms with Crippen molar-refractivity contribution in [1.82, 2.24) is 5.32 Å². The zero-order valence-corrected chi connectivity index (χ0v) is 17.7. The molecule has 32 heavy (non-hydrogen) atoms. The van der Waals surface area contributed by atoms with E-state index in [0.717, 1.165) is 23.8 Å². The predicted octanol–water partition coefficient (Wildman–Crippen LogP) is 5.06. The second-order valence-corrected chi connectivity index (χ2v) is 8.07. The van der Waals surface area contributed by atoms with Crippen LogP contribution in [0.1, 0.15) is 34.3 Å². The van der Waals surface area contributed by atoms with Crippen molar-refractivity contribution in [3.63, 3.8) is 0 Å². The molecule has 1 saturated carbocycles. The third-order valence-electron chi connectivity index (χ3n) is 5.44. The van der Waals surface area contributed by atoms with Gasteiger partial charge in [-0.15, -0.1) is 0 Å². The van der Waals surface area contributed by atoms with Crippen molar-refractivity contribution in [1.29, 1.82) is 0 Å². The standard InChI is InChI=1S/C23H18ClF3N2O3/c1-32-17-6-4-15(5-7-17)12-29-20-10-16(13-30)19(24)11-18(20)22(23(25,26)27,28-21(29)31)9-8-14-2-3-14/h4-7,10-11,13-14H,2-3,12H2,1H3,(H,28,31). The van der Waals surface area contributed by atoms with Gasteiger partial charge in [0.25, 0.3) is 0 Å². The quantitative estimate of drug-likeness (QED) is 0.510. The van der Waals surface area contributed by atoms with Gasteiger partial charge in [0.1, 0.15) is 5.75 Å². The highest BCUT2D eigenvalue weighted by molar-refractivity contribution is 6.33. The summed E-state index contributed by atoms with van der Waals surface area (Å²) in [6, 6.07) is 8.04. The number of amides is 2. The number of hydrogen-bond acceptors (Lipinski definition) is 3. The Bertz CT molecular complexity index is 1130. The van der Waals surface area contributed by atoms with Crippen molar-refractivity contribution in [3.05, 3.63) is 58.1 Å². The zero-order chi connectivity index (χ0) is 23.1.